The highest BCUT2D eigenvalue weighted by Gasteiger charge is 2.25. The maximum Gasteiger partial charge on any atom is 0.257 e. The lowest BCUT2D eigenvalue weighted by molar-refractivity contribution is 0.0710. The Hall–Kier alpha value is -2.49. The van der Waals surface area contributed by atoms with Crippen molar-refractivity contribution in [1.29, 1.82) is 0 Å². The van der Waals surface area contributed by atoms with Crippen LogP contribution >= 0.6 is 0 Å². The summed E-state index contributed by atoms with van der Waals surface area (Å²) < 4.78 is 0. The standard InChI is InChI=1S/C19H21NO3/c1-13-2-7-17(18(22)12-13)19(23)20-10-8-15(9-11-20)14-3-5-16(21)6-4-14/h2-7,12,15,21-22H,8-11H2,1H3. The SMILES string of the molecule is Cc1ccc(C(=O)N2CCC(c3ccc(O)cc3)CC2)c(O)c1. The fraction of sp³-hybridized carbons (Fsp3) is 0.316. The minimum Gasteiger partial charge on any atom is -0.508 e. The van der Waals surface area contributed by atoms with Gasteiger partial charge in [-0.25, -0.2) is 0 Å². The van der Waals surface area contributed by atoms with Crippen LogP contribution < -0.4 is 0 Å². The predicted molar refractivity (Wildman–Crippen MR) is 88.8 cm³/mol. The minimum atomic E-state index is -0.105. The Kier molecular flexibility index (Phi) is 4.24. The zero-order valence-electron chi connectivity index (χ0n) is 13.2. The summed E-state index contributed by atoms with van der Waals surface area (Å²) in [5.41, 5.74) is 2.51. The number of benzene rings is 2. The number of likely N-dealkylation sites (tertiary alicyclic amines) is 1. The van der Waals surface area contributed by atoms with Gasteiger partial charge in [0.1, 0.15) is 11.5 Å². The molecule has 2 aromatic rings. The first-order valence-electron chi connectivity index (χ1n) is 7.92. The molecule has 0 aromatic heterocycles. The molecule has 3 rings (SSSR count). The van der Waals surface area contributed by atoms with Crippen molar-refractivity contribution in [3.05, 3.63) is 59.2 Å². The summed E-state index contributed by atoms with van der Waals surface area (Å²) in [5, 5.41) is 19.3. The molecule has 0 radical (unpaired) electrons. The number of phenols is 2. The minimum absolute atomic E-state index is 0.0515. The molecule has 1 aliphatic rings. The topological polar surface area (TPSA) is 60.8 Å². The number of phenolic OH excluding ortho intramolecular Hbond substituents is 2. The average molecular weight is 311 g/mol. The van der Waals surface area contributed by atoms with Gasteiger partial charge in [0.05, 0.1) is 5.56 Å². The molecule has 0 saturated carbocycles. The van der Waals surface area contributed by atoms with E-state index < -0.39 is 0 Å². The van der Waals surface area contributed by atoms with E-state index in [1.54, 1.807) is 29.2 Å². The van der Waals surface area contributed by atoms with Crippen LogP contribution in [0.2, 0.25) is 0 Å². The Bertz CT molecular complexity index is 701. The van der Waals surface area contributed by atoms with Gasteiger partial charge in [0, 0.05) is 13.1 Å². The fourth-order valence-electron chi connectivity index (χ4n) is 3.16. The van der Waals surface area contributed by atoms with Crippen LogP contribution in [-0.2, 0) is 0 Å². The smallest absolute Gasteiger partial charge is 0.257 e. The number of aryl methyl sites for hydroxylation is 1. The average Bonchev–Trinajstić information content (AvgIpc) is 2.55. The van der Waals surface area contributed by atoms with E-state index in [4.69, 9.17) is 0 Å². The number of rotatable bonds is 2. The van der Waals surface area contributed by atoms with E-state index in [9.17, 15) is 15.0 Å². The van der Waals surface area contributed by atoms with E-state index >= 15 is 0 Å². The molecule has 2 aromatic carbocycles. The predicted octanol–water partition coefficient (Wildman–Crippen LogP) is 3.43. The van der Waals surface area contributed by atoms with Crippen molar-refractivity contribution in [3.63, 3.8) is 0 Å². The molecular weight excluding hydrogens is 290 g/mol. The van der Waals surface area contributed by atoms with Crippen LogP contribution in [0.25, 0.3) is 0 Å². The third-order valence-corrected chi connectivity index (χ3v) is 4.53. The number of piperidine rings is 1. The lowest BCUT2D eigenvalue weighted by Gasteiger charge is -2.32. The van der Waals surface area contributed by atoms with Gasteiger partial charge >= 0.3 is 0 Å². The van der Waals surface area contributed by atoms with E-state index in [0.717, 1.165) is 18.4 Å². The maximum atomic E-state index is 12.6. The molecular formula is C19H21NO3. The zero-order valence-corrected chi connectivity index (χ0v) is 13.2. The Morgan fingerprint density at radius 2 is 1.70 bits per heavy atom. The second-order valence-electron chi connectivity index (χ2n) is 6.18. The molecule has 0 unspecified atom stereocenters. The number of carbonyl (C=O) groups is 1. The van der Waals surface area contributed by atoms with Gasteiger partial charge in [0.15, 0.2) is 0 Å². The largest absolute Gasteiger partial charge is 0.508 e. The molecule has 4 nitrogen and oxygen atoms in total. The van der Waals surface area contributed by atoms with Gasteiger partial charge in [0.2, 0.25) is 0 Å². The number of hydrogen-bond acceptors (Lipinski definition) is 3. The highest BCUT2D eigenvalue weighted by molar-refractivity contribution is 5.97. The van der Waals surface area contributed by atoms with Crippen molar-refractivity contribution in [3.8, 4) is 11.5 Å². The molecule has 0 atom stereocenters. The Balaban J connectivity index is 1.66. The van der Waals surface area contributed by atoms with Crippen LogP contribution in [0.3, 0.4) is 0 Å². The molecule has 1 saturated heterocycles. The van der Waals surface area contributed by atoms with Crippen LogP contribution in [0.1, 0.15) is 40.2 Å². The third-order valence-electron chi connectivity index (χ3n) is 4.53. The van der Waals surface area contributed by atoms with Crippen molar-refractivity contribution in [1.82, 2.24) is 4.90 Å². The van der Waals surface area contributed by atoms with Crippen LogP contribution in [0.5, 0.6) is 11.5 Å². The van der Waals surface area contributed by atoms with Crippen molar-refractivity contribution in [2.45, 2.75) is 25.7 Å². The lowest BCUT2D eigenvalue weighted by Crippen LogP contribution is -2.37. The Morgan fingerprint density at radius 1 is 1.04 bits per heavy atom. The van der Waals surface area contributed by atoms with Gasteiger partial charge in [0.25, 0.3) is 5.91 Å². The monoisotopic (exact) mass is 311 g/mol. The van der Waals surface area contributed by atoms with Gasteiger partial charge in [-0.2, -0.15) is 0 Å². The molecule has 1 aliphatic heterocycles. The van der Waals surface area contributed by atoms with Gasteiger partial charge in [-0.05, 0) is 61.1 Å². The van der Waals surface area contributed by atoms with Crippen LogP contribution in [0, 0.1) is 6.92 Å². The first-order valence-corrected chi connectivity index (χ1v) is 7.92. The maximum absolute atomic E-state index is 12.6. The van der Waals surface area contributed by atoms with Gasteiger partial charge in [-0.15, -0.1) is 0 Å². The molecule has 23 heavy (non-hydrogen) atoms. The van der Waals surface area contributed by atoms with Gasteiger partial charge in [-0.3, -0.25) is 4.79 Å². The lowest BCUT2D eigenvalue weighted by atomic mass is 9.89. The highest BCUT2D eigenvalue weighted by atomic mass is 16.3. The molecule has 1 heterocycles. The first kappa shape index (κ1) is 15.4. The van der Waals surface area contributed by atoms with E-state index in [2.05, 4.69) is 0 Å². The summed E-state index contributed by atoms with van der Waals surface area (Å²) in [4.78, 5) is 14.4. The van der Waals surface area contributed by atoms with Crippen molar-refractivity contribution in [2.75, 3.05) is 13.1 Å². The second kappa shape index (κ2) is 6.32. The van der Waals surface area contributed by atoms with E-state index in [1.165, 1.54) is 5.56 Å². The number of nitrogens with zero attached hydrogens (tertiary/aromatic N) is 1. The van der Waals surface area contributed by atoms with Crippen LogP contribution in [0.15, 0.2) is 42.5 Å². The molecule has 0 bridgehead atoms. The fourth-order valence-corrected chi connectivity index (χ4v) is 3.16. The number of carbonyl (C=O) groups excluding carboxylic acids is 1. The summed E-state index contributed by atoms with van der Waals surface area (Å²) in [6, 6.07) is 12.5. The number of hydrogen-bond donors (Lipinski definition) is 2. The molecule has 0 aliphatic carbocycles. The quantitative estimate of drug-likeness (QED) is 0.893. The number of amides is 1. The van der Waals surface area contributed by atoms with Gasteiger partial charge < -0.3 is 15.1 Å². The van der Waals surface area contributed by atoms with Crippen molar-refractivity contribution in [2.24, 2.45) is 0 Å². The molecule has 4 heteroatoms. The third kappa shape index (κ3) is 3.31. The Morgan fingerprint density at radius 3 is 2.30 bits per heavy atom. The molecule has 2 N–H and O–H groups in total. The van der Waals surface area contributed by atoms with Crippen molar-refractivity contribution >= 4 is 5.91 Å². The normalized spacial score (nSPS) is 15.6. The summed E-state index contributed by atoms with van der Waals surface area (Å²) in [7, 11) is 0. The van der Waals surface area contributed by atoms with Gasteiger partial charge in [-0.1, -0.05) is 18.2 Å². The van der Waals surface area contributed by atoms with Crippen LogP contribution in [-0.4, -0.2) is 34.1 Å². The van der Waals surface area contributed by atoms with E-state index in [1.807, 2.05) is 25.1 Å². The first-order chi connectivity index (χ1) is 11.0. The summed E-state index contributed by atoms with van der Waals surface area (Å²) >= 11 is 0. The summed E-state index contributed by atoms with van der Waals surface area (Å²) in [6.07, 6.45) is 1.78. The molecule has 0 spiro atoms. The zero-order chi connectivity index (χ0) is 16.4. The van der Waals surface area contributed by atoms with E-state index in [0.29, 0.717) is 24.6 Å². The summed E-state index contributed by atoms with van der Waals surface area (Å²) in [6.45, 7) is 3.24. The summed E-state index contributed by atoms with van der Waals surface area (Å²) in [5.74, 6) is 0.629. The number of aromatic hydroxyl groups is 2. The Labute approximate surface area is 136 Å². The molecule has 1 amide bonds. The van der Waals surface area contributed by atoms with Crippen LogP contribution in [0.4, 0.5) is 0 Å². The molecule has 120 valence electrons. The second-order valence-corrected chi connectivity index (χ2v) is 6.18. The molecule has 1 fully saturated rings. The van der Waals surface area contributed by atoms with E-state index in [-0.39, 0.29) is 17.4 Å². The highest BCUT2D eigenvalue weighted by Crippen LogP contribution is 2.30. The van der Waals surface area contributed by atoms with Crippen molar-refractivity contribution < 1.29 is 15.0 Å².